The van der Waals surface area contributed by atoms with Gasteiger partial charge in [-0.3, -0.25) is 24.0 Å². The van der Waals surface area contributed by atoms with Gasteiger partial charge >= 0.3 is 29.8 Å². The lowest BCUT2D eigenvalue weighted by molar-refractivity contribution is -0.169. The lowest BCUT2D eigenvalue weighted by Gasteiger charge is -2.46. The fourth-order valence-electron chi connectivity index (χ4n) is 11.6. The van der Waals surface area contributed by atoms with Crippen LogP contribution in [0, 0.1) is 11.8 Å². The van der Waals surface area contributed by atoms with Gasteiger partial charge < -0.3 is 54.9 Å². The first-order chi connectivity index (χ1) is 30.2. The van der Waals surface area contributed by atoms with Gasteiger partial charge in [0.2, 0.25) is 0 Å². The number of hydrogen-bond acceptors (Lipinski definition) is 16. The van der Waals surface area contributed by atoms with Crippen LogP contribution >= 0.6 is 0 Å². The third-order valence-corrected chi connectivity index (χ3v) is 12.4. The zero-order chi connectivity index (χ0) is 51.8. The zero-order valence-electron chi connectivity index (χ0n) is 44.9. The lowest BCUT2D eigenvalue weighted by atomic mass is 9.81. The minimum Gasteiger partial charge on any atom is -0.469 e. The summed E-state index contributed by atoms with van der Waals surface area (Å²) in [4.78, 5) is 72.9. The second kappa shape index (κ2) is 23.2. The van der Waals surface area contributed by atoms with Gasteiger partial charge in [-0.15, -0.1) is 0 Å². The second-order valence-corrected chi connectivity index (χ2v) is 25.2. The molecule has 0 aromatic rings. The molecule has 0 radical (unpaired) electrons. The molecule has 0 saturated carbocycles. The summed E-state index contributed by atoms with van der Waals surface area (Å²) in [5.74, 6) is -4.48. The Hall–Kier alpha value is -3.18. The van der Waals surface area contributed by atoms with Crippen molar-refractivity contribution in [1.82, 2.24) is 21.3 Å². The van der Waals surface area contributed by atoms with Crippen LogP contribution < -0.4 is 21.3 Å². The van der Waals surface area contributed by atoms with Crippen molar-refractivity contribution < 1.29 is 57.6 Å². The van der Waals surface area contributed by atoms with E-state index in [1.807, 2.05) is 0 Å². The average Bonchev–Trinajstić information content (AvgIpc) is 3.05. The number of ether oxygens (including phenoxy) is 5. The van der Waals surface area contributed by atoms with E-state index in [2.05, 4.69) is 142 Å². The summed E-state index contributed by atoms with van der Waals surface area (Å²) in [5.41, 5.74) is -1.05. The summed E-state index contributed by atoms with van der Waals surface area (Å²) >= 11 is 0. The van der Waals surface area contributed by atoms with Crippen molar-refractivity contribution in [1.29, 1.82) is 0 Å². The van der Waals surface area contributed by atoms with E-state index in [9.17, 15) is 33.9 Å². The molecule has 4 aliphatic heterocycles. The highest BCUT2D eigenvalue weighted by molar-refractivity contribution is 5.86. The maximum absolute atomic E-state index is 13.6. The van der Waals surface area contributed by atoms with Crippen molar-refractivity contribution in [3.8, 4) is 0 Å². The number of methoxy groups -OCH3 is 2. The van der Waals surface area contributed by atoms with Crippen molar-refractivity contribution >= 4 is 35.6 Å². The summed E-state index contributed by atoms with van der Waals surface area (Å²) in [6, 6.07) is 0. The maximum Gasteiger partial charge on any atom is 0.310 e. The molecular formula is C51H92N4O12. The molecule has 0 aromatic carbocycles. The van der Waals surface area contributed by atoms with Crippen LogP contribution in [0.15, 0.2) is 0 Å². The van der Waals surface area contributed by atoms with Crippen molar-refractivity contribution in [2.75, 3.05) is 14.2 Å². The first kappa shape index (κ1) is 59.9. The van der Waals surface area contributed by atoms with Crippen LogP contribution in [-0.2, 0) is 52.5 Å². The van der Waals surface area contributed by atoms with E-state index in [1.54, 1.807) is 0 Å². The van der Waals surface area contributed by atoms with E-state index in [4.69, 9.17) is 14.2 Å². The van der Waals surface area contributed by atoms with E-state index in [1.165, 1.54) is 21.1 Å². The summed E-state index contributed by atoms with van der Waals surface area (Å²) in [6.45, 7) is 35.0. The zero-order valence-corrected chi connectivity index (χ0v) is 44.9. The topological polar surface area (TPSA) is 217 Å². The van der Waals surface area contributed by atoms with Gasteiger partial charge in [-0.1, -0.05) is 0 Å². The highest BCUT2D eigenvalue weighted by Crippen LogP contribution is 2.35. The standard InChI is InChI=1S/C33H59N3O6.C9H19NO.C9H14O5/c1-28(2)15-22(16-29(3,4)34-28)40-25(37)13-21(27(39)42-24-19-32(9,10)36-33(11,12)20-24)14-26(38)41-23-17-30(5,6)35-31(7,8)18-23;1-8(2)5-7(11)6-9(3,4)10-8;1-6(10)4-7(9(12)14-3)5-8(11)13-2/h21-24,34-36H,13-20H2,1-12H3;7,10-11H,5-6H2,1-4H3;7H,4-5H2,1-3H3/t;;7-/m..0/s1. The van der Waals surface area contributed by atoms with Gasteiger partial charge in [-0.05, 0) is 131 Å². The van der Waals surface area contributed by atoms with Crippen molar-refractivity contribution in [3.05, 3.63) is 0 Å². The molecule has 1 atom stereocenters. The van der Waals surface area contributed by atoms with Gasteiger partial charge in [-0.25, -0.2) is 0 Å². The maximum atomic E-state index is 13.6. The number of ketones is 1. The number of carbonyl (C=O) groups is 6. The van der Waals surface area contributed by atoms with E-state index in [-0.39, 0.29) is 100 Å². The normalized spacial score (nSPS) is 24.2. The Kier molecular flexibility index (Phi) is 20.7. The molecule has 67 heavy (non-hydrogen) atoms. The van der Waals surface area contributed by atoms with Crippen LogP contribution in [0.3, 0.4) is 0 Å². The molecule has 4 rings (SSSR count). The number of hydrogen-bond donors (Lipinski definition) is 5. The molecule has 16 nitrogen and oxygen atoms in total. The summed E-state index contributed by atoms with van der Waals surface area (Å²) in [5, 5.41) is 23.8. The van der Waals surface area contributed by atoms with Crippen molar-refractivity contribution in [2.24, 2.45) is 11.8 Å². The molecule has 4 heterocycles. The molecular weight excluding hydrogens is 861 g/mol. The second-order valence-electron chi connectivity index (χ2n) is 25.2. The summed E-state index contributed by atoms with van der Waals surface area (Å²) < 4.78 is 26.7. The highest BCUT2D eigenvalue weighted by atomic mass is 16.6. The average molecular weight is 953 g/mol. The van der Waals surface area contributed by atoms with Crippen LogP contribution in [-0.4, -0.2) is 124 Å². The first-order valence-corrected chi connectivity index (χ1v) is 24.2. The minimum absolute atomic E-state index is 0.00176. The van der Waals surface area contributed by atoms with E-state index >= 15 is 0 Å². The number of nitrogens with one attached hydrogen (secondary N) is 4. The Morgan fingerprint density at radius 1 is 0.418 bits per heavy atom. The molecule has 4 aliphatic rings. The van der Waals surface area contributed by atoms with Gasteiger partial charge in [0.25, 0.3) is 0 Å². The third-order valence-electron chi connectivity index (χ3n) is 12.4. The Labute approximate surface area is 403 Å². The van der Waals surface area contributed by atoms with Gasteiger partial charge in [0.05, 0.1) is 51.4 Å². The molecule has 4 fully saturated rings. The van der Waals surface area contributed by atoms with Crippen LogP contribution in [0.1, 0.15) is 195 Å². The Bertz CT molecular complexity index is 1600. The molecule has 0 unspecified atom stereocenters. The van der Waals surface area contributed by atoms with E-state index in [0.717, 1.165) is 12.8 Å². The number of aliphatic hydroxyl groups is 1. The first-order valence-electron chi connectivity index (χ1n) is 24.2. The monoisotopic (exact) mass is 953 g/mol. The summed E-state index contributed by atoms with van der Waals surface area (Å²) in [7, 11) is 2.44. The molecule has 5 N–H and O–H groups in total. The largest absolute Gasteiger partial charge is 0.469 e. The van der Waals surface area contributed by atoms with Gasteiger partial charge in [-0.2, -0.15) is 0 Å². The lowest BCUT2D eigenvalue weighted by Crippen LogP contribution is -2.60. The Morgan fingerprint density at radius 2 is 0.687 bits per heavy atom. The molecule has 0 aromatic heterocycles. The SMILES string of the molecule is CC1(C)CC(O)CC(C)(C)N1.CC1(C)CC(OC(=O)CC(CC(=O)OC2CC(C)(C)NC(C)(C)C2)C(=O)OC2CC(C)(C)NC(C)(C)C2)CC(C)(C)N1.COC(=O)C[C@H](CC(C)=O)C(=O)OC. The third kappa shape index (κ3) is 22.9. The molecule has 16 heteroatoms. The number of rotatable bonds is 13. The fourth-order valence-corrected chi connectivity index (χ4v) is 11.6. The number of Topliss-reactive ketones (excluding diaryl/α,β-unsaturated/α-hetero) is 1. The quantitative estimate of drug-likeness (QED) is 0.0978. The van der Waals surface area contributed by atoms with Gasteiger partial charge in [0.1, 0.15) is 24.1 Å². The highest BCUT2D eigenvalue weighted by Gasteiger charge is 2.44. The number of esters is 5. The van der Waals surface area contributed by atoms with Crippen molar-refractivity contribution in [2.45, 2.75) is 263 Å². The van der Waals surface area contributed by atoms with Gasteiger partial charge in [0.15, 0.2) is 0 Å². The molecule has 0 amide bonds. The Balaban J connectivity index is 0.000000499. The molecule has 0 aliphatic carbocycles. The van der Waals surface area contributed by atoms with Crippen LogP contribution in [0.25, 0.3) is 0 Å². The summed E-state index contributed by atoms with van der Waals surface area (Å²) in [6.07, 6.45) is 4.08. The number of aliphatic hydroxyl groups excluding tert-OH is 1. The number of piperidine rings is 4. The molecule has 388 valence electrons. The molecule has 0 spiro atoms. The van der Waals surface area contributed by atoms with Crippen LogP contribution in [0.4, 0.5) is 0 Å². The molecule has 0 bridgehead atoms. The predicted molar refractivity (Wildman–Crippen MR) is 258 cm³/mol. The Morgan fingerprint density at radius 3 is 0.955 bits per heavy atom. The smallest absolute Gasteiger partial charge is 0.310 e. The predicted octanol–water partition coefficient (Wildman–Crippen LogP) is 6.55. The van der Waals surface area contributed by atoms with Crippen molar-refractivity contribution in [3.63, 3.8) is 0 Å². The number of carbonyl (C=O) groups excluding carboxylic acids is 6. The van der Waals surface area contributed by atoms with Crippen LogP contribution in [0.5, 0.6) is 0 Å². The van der Waals surface area contributed by atoms with Crippen LogP contribution in [0.2, 0.25) is 0 Å². The fraction of sp³-hybridized carbons (Fsp3) is 0.882. The van der Waals surface area contributed by atoms with E-state index in [0.29, 0.717) is 38.5 Å². The molecule has 4 saturated heterocycles. The minimum atomic E-state index is -0.975. The van der Waals surface area contributed by atoms with Gasteiger partial charge in [0, 0.05) is 89.3 Å². The van der Waals surface area contributed by atoms with E-state index < -0.39 is 41.7 Å².